The molecule has 0 bridgehead atoms. The molecule has 0 N–H and O–H groups in total. The maximum absolute atomic E-state index is 6.24. The first-order valence-electron chi connectivity index (χ1n) is 11.2. The Kier molecular flexibility index (Phi) is 4.39. The summed E-state index contributed by atoms with van der Waals surface area (Å²) in [6, 6.07) is 0. The van der Waals surface area contributed by atoms with Gasteiger partial charge in [-0.25, -0.2) is 0 Å². The molecule has 0 aromatic heterocycles. The fourth-order valence-corrected chi connectivity index (χ4v) is 7.53. The van der Waals surface area contributed by atoms with Gasteiger partial charge in [-0.1, -0.05) is 13.3 Å². The normalized spacial score (nSPS) is 49.6. The van der Waals surface area contributed by atoms with Gasteiger partial charge >= 0.3 is 0 Å². The molecule has 4 fully saturated rings. The first-order chi connectivity index (χ1) is 12.2. The molecule has 1 saturated heterocycles. The van der Waals surface area contributed by atoms with Gasteiger partial charge in [0.2, 0.25) is 0 Å². The Bertz CT molecular complexity index is 520. The van der Waals surface area contributed by atoms with Crippen LogP contribution in [-0.4, -0.2) is 12.9 Å². The first-order valence-corrected chi connectivity index (χ1v) is 11.2. The summed E-state index contributed by atoms with van der Waals surface area (Å²) in [6.45, 7) is 3.50. The molecule has 4 aliphatic carbocycles. The second-order valence-corrected chi connectivity index (χ2v) is 10.0. The lowest BCUT2D eigenvalue weighted by Gasteiger charge is -2.54. The van der Waals surface area contributed by atoms with E-state index in [1.165, 1.54) is 76.4 Å². The quantitative estimate of drug-likeness (QED) is 0.605. The Balaban J connectivity index is 1.26. The third kappa shape index (κ3) is 2.97. The van der Waals surface area contributed by atoms with Gasteiger partial charge in [-0.2, -0.15) is 0 Å². The zero-order chi connectivity index (χ0) is 16.9. The van der Waals surface area contributed by atoms with Crippen molar-refractivity contribution in [1.29, 1.82) is 0 Å². The predicted octanol–water partition coefficient (Wildman–Crippen LogP) is 6.07. The van der Waals surface area contributed by atoms with E-state index in [1.54, 1.807) is 0 Å². The van der Waals surface area contributed by atoms with Crippen molar-refractivity contribution in [1.82, 2.24) is 0 Å². The summed E-state index contributed by atoms with van der Waals surface area (Å²) in [7, 11) is 0. The van der Waals surface area contributed by atoms with Crippen molar-refractivity contribution in [3.05, 3.63) is 11.8 Å². The summed E-state index contributed by atoms with van der Waals surface area (Å²) in [5, 5.41) is 0. The molecule has 140 valence electrons. The van der Waals surface area contributed by atoms with E-state index in [0.717, 1.165) is 42.6 Å². The van der Waals surface area contributed by atoms with Crippen LogP contribution in [0.2, 0.25) is 0 Å². The van der Waals surface area contributed by atoms with E-state index in [4.69, 9.17) is 9.47 Å². The molecule has 25 heavy (non-hydrogen) atoms. The predicted molar refractivity (Wildman–Crippen MR) is 99.9 cm³/mol. The van der Waals surface area contributed by atoms with E-state index in [2.05, 4.69) is 13.0 Å². The van der Waals surface area contributed by atoms with E-state index < -0.39 is 0 Å². The molecule has 7 atom stereocenters. The molecule has 1 unspecified atom stereocenters. The number of fused-ring (bicyclic) bond motifs is 5. The van der Waals surface area contributed by atoms with E-state index in [0.29, 0.717) is 5.41 Å². The highest BCUT2D eigenvalue weighted by Crippen LogP contribution is 2.62. The van der Waals surface area contributed by atoms with Crippen molar-refractivity contribution < 1.29 is 9.47 Å². The lowest BCUT2D eigenvalue weighted by Crippen LogP contribution is -2.46. The van der Waals surface area contributed by atoms with Crippen LogP contribution in [0.5, 0.6) is 0 Å². The third-order valence-electron chi connectivity index (χ3n) is 8.80. The minimum Gasteiger partial charge on any atom is -0.470 e. The van der Waals surface area contributed by atoms with Gasteiger partial charge in [0, 0.05) is 12.8 Å². The molecule has 1 heterocycles. The minimum absolute atomic E-state index is 0.0433. The van der Waals surface area contributed by atoms with Gasteiger partial charge in [-0.15, -0.1) is 0 Å². The summed E-state index contributed by atoms with van der Waals surface area (Å²) in [4.78, 5) is 0. The van der Waals surface area contributed by atoms with Crippen molar-refractivity contribution in [2.75, 3.05) is 6.61 Å². The number of hydrogen-bond acceptors (Lipinski definition) is 2. The summed E-state index contributed by atoms with van der Waals surface area (Å²) < 4.78 is 12.0. The van der Waals surface area contributed by atoms with Gasteiger partial charge in [-0.3, -0.25) is 0 Å². The SMILES string of the molecule is C[C@@]12CCC[C@H]1[C@@H]1CC[C@H]3CC(OC4CCCCO4)=CC[C@@H]3[C@H]1CC2. The van der Waals surface area contributed by atoms with E-state index in [-0.39, 0.29) is 6.29 Å². The number of allylic oxidation sites excluding steroid dienone is 2. The monoisotopic (exact) mass is 344 g/mol. The Morgan fingerprint density at radius 1 is 0.960 bits per heavy atom. The van der Waals surface area contributed by atoms with Crippen LogP contribution in [-0.2, 0) is 9.47 Å². The lowest BCUT2D eigenvalue weighted by molar-refractivity contribution is -0.145. The molecule has 1 aliphatic heterocycles. The summed E-state index contributed by atoms with van der Waals surface area (Å²) in [5.41, 5.74) is 0.700. The molecule has 0 radical (unpaired) electrons. The van der Waals surface area contributed by atoms with Gasteiger partial charge in [0.05, 0.1) is 12.4 Å². The fourth-order valence-electron chi connectivity index (χ4n) is 7.53. The molecule has 0 spiro atoms. The van der Waals surface area contributed by atoms with Crippen LogP contribution in [0.25, 0.3) is 0 Å². The zero-order valence-corrected chi connectivity index (χ0v) is 16.1. The van der Waals surface area contributed by atoms with Crippen LogP contribution in [0.4, 0.5) is 0 Å². The minimum atomic E-state index is 0.0433. The molecule has 2 heteroatoms. The van der Waals surface area contributed by atoms with Crippen molar-refractivity contribution in [3.63, 3.8) is 0 Å². The first kappa shape index (κ1) is 16.7. The van der Waals surface area contributed by atoms with Crippen molar-refractivity contribution in [2.24, 2.45) is 35.0 Å². The molecule has 5 rings (SSSR count). The van der Waals surface area contributed by atoms with Crippen molar-refractivity contribution in [3.8, 4) is 0 Å². The largest absolute Gasteiger partial charge is 0.470 e. The van der Waals surface area contributed by atoms with Crippen LogP contribution in [0.1, 0.15) is 84.0 Å². The number of ether oxygens (including phenoxy) is 2. The van der Waals surface area contributed by atoms with E-state index >= 15 is 0 Å². The summed E-state index contributed by atoms with van der Waals surface area (Å²) in [5.74, 6) is 6.19. The Labute approximate surface area is 153 Å². The molecule has 0 aromatic carbocycles. The van der Waals surface area contributed by atoms with Crippen LogP contribution in [0.15, 0.2) is 11.8 Å². The maximum atomic E-state index is 6.24. The van der Waals surface area contributed by atoms with Gasteiger partial charge in [0.1, 0.15) is 0 Å². The van der Waals surface area contributed by atoms with Gasteiger partial charge in [-0.05, 0) is 98.9 Å². The Morgan fingerprint density at radius 2 is 1.92 bits per heavy atom. The highest BCUT2D eigenvalue weighted by Gasteiger charge is 2.53. The molecular weight excluding hydrogens is 308 g/mol. The summed E-state index contributed by atoms with van der Waals surface area (Å²) in [6.07, 6.45) is 19.0. The van der Waals surface area contributed by atoms with Gasteiger partial charge in [0.25, 0.3) is 0 Å². The average Bonchev–Trinajstić information content (AvgIpc) is 3.04. The molecule has 5 aliphatic rings. The van der Waals surface area contributed by atoms with E-state index in [9.17, 15) is 0 Å². The topological polar surface area (TPSA) is 18.5 Å². The number of hydrogen-bond donors (Lipinski definition) is 0. The molecule has 0 amide bonds. The zero-order valence-electron chi connectivity index (χ0n) is 16.1. The second-order valence-electron chi connectivity index (χ2n) is 10.0. The lowest BCUT2D eigenvalue weighted by atomic mass is 9.51. The molecular formula is C23H36O2. The highest BCUT2D eigenvalue weighted by molar-refractivity contribution is 5.09. The van der Waals surface area contributed by atoms with Gasteiger partial charge < -0.3 is 9.47 Å². The van der Waals surface area contributed by atoms with Gasteiger partial charge in [0.15, 0.2) is 6.29 Å². The Morgan fingerprint density at radius 3 is 2.80 bits per heavy atom. The highest BCUT2D eigenvalue weighted by atomic mass is 16.7. The van der Waals surface area contributed by atoms with Crippen LogP contribution in [0, 0.1) is 35.0 Å². The van der Waals surface area contributed by atoms with Crippen molar-refractivity contribution in [2.45, 2.75) is 90.3 Å². The fraction of sp³-hybridized carbons (Fsp3) is 0.913. The van der Waals surface area contributed by atoms with Crippen LogP contribution >= 0.6 is 0 Å². The second kappa shape index (κ2) is 6.59. The van der Waals surface area contributed by atoms with Crippen molar-refractivity contribution >= 4 is 0 Å². The third-order valence-corrected chi connectivity index (χ3v) is 8.80. The summed E-state index contributed by atoms with van der Waals surface area (Å²) >= 11 is 0. The van der Waals surface area contributed by atoms with Crippen LogP contribution < -0.4 is 0 Å². The smallest absolute Gasteiger partial charge is 0.199 e. The molecule has 0 aromatic rings. The molecule has 2 nitrogen and oxygen atoms in total. The number of rotatable bonds is 2. The molecule has 3 saturated carbocycles. The standard InChI is InChI=1S/C23H36O2/c1-23-12-4-5-21(23)20-9-7-16-15-17(25-22-6-2-3-14-24-22)8-10-18(16)19(20)11-13-23/h8,16,18-22H,2-7,9-15H2,1H3/t16-,18-,19+,20+,21-,22?,23-/m0/s1. The maximum Gasteiger partial charge on any atom is 0.199 e. The average molecular weight is 345 g/mol. The van der Waals surface area contributed by atoms with E-state index in [1.807, 2.05) is 0 Å². The Hall–Kier alpha value is -0.500. The van der Waals surface area contributed by atoms with Crippen LogP contribution in [0.3, 0.4) is 0 Å².